The molecular weight excluding hydrogens is 498 g/mol. The van der Waals surface area contributed by atoms with Crippen molar-refractivity contribution in [2.45, 2.75) is 25.7 Å². The number of nitrogens with one attached hydrogen (secondary N) is 1. The Labute approximate surface area is 221 Å². The van der Waals surface area contributed by atoms with Gasteiger partial charge in [-0.2, -0.15) is 0 Å². The summed E-state index contributed by atoms with van der Waals surface area (Å²) in [6, 6.07) is 3.64. The summed E-state index contributed by atoms with van der Waals surface area (Å²) in [5, 5.41) is 3.02. The van der Waals surface area contributed by atoms with E-state index in [2.05, 4.69) is 25.1 Å². The number of morpholine rings is 2. The van der Waals surface area contributed by atoms with Gasteiger partial charge in [0, 0.05) is 63.9 Å². The first-order valence-electron chi connectivity index (χ1n) is 13.2. The van der Waals surface area contributed by atoms with Crippen LogP contribution < -0.4 is 11.1 Å². The number of ether oxygens (including phenoxy) is 2. The van der Waals surface area contributed by atoms with Crippen LogP contribution in [0.4, 0.5) is 5.69 Å². The maximum Gasteiger partial charge on any atom is 0.236 e. The van der Waals surface area contributed by atoms with E-state index in [1.165, 1.54) is 4.47 Å². The van der Waals surface area contributed by atoms with Gasteiger partial charge < -0.3 is 20.5 Å². The Hall–Kier alpha value is -1.87. The van der Waals surface area contributed by atoms with Gasteiger partial charge in [-0.05, 0) is 25.0 Å². The highest BCUT2D eigenvalue weighted by Crippen LogP contribution is 2.10. The summed E-state index contributed by atoms with van der Waals surface area (Å²) in [6.07, 6.45) is 6.48. The van der Waals surface area contributed by atoms with E-state index in [4.69, 9.17) is 20.0 Å². The van der Waals surface area contributed by atoms with Crippen LogP contribution in [0.2, 0.25) is 0 Å². The van der Waals surface area contributed by atoms with Gasteiger partial charge in [-0.15, -0.1) is 0 Å². The fourth-order valence-electron chi connectivity index (χ4n) is 4.10. The Morgan fingerprint density at radius 2 is 1.62 bits per heavy atom. The van der Waals surface area contributed by atoms with E-state index in [1.807, 2.05) is 12.1 Å². The fraction of sp³-hybridized carbons (Fsp3) is 0.750. The number of guanidine groups is 1. The van der Waals surface area contributed by atoms with Gasteiger partial charge in [0.05, 0.1) is 45.3 Å². The van der Waals surface area contributed by atoms with Gasteiger partial charge in [-0.25, -0.2) is 8.42 Å². The second-order valence-electron chi connectivity index (χ2n) is 9.13. The number of hydrogen-bond donors (Lipinski definition) is 2. The molecule has 1 aromatic rings. The quantitative estimate of drug-likeness (QED) is 0.133. The third-order valence-corrected chi connectivity index (χ3v) is 8.02. The Balaban J connectivity index is 1.36. The van der Waals surface area contributed by atoms with Crippen molar-refractivity contribution in [2.75, 3.05) is 96.5 Å². The Morgan fingerprint density at radius 1 is 1.00 bits per heavy atom. The molecule has 0 aromatic carbocycles. The summed E-state index contributed by atoms with van der Waals surface area (Å²) < 4.78 is 38.2. The van der Waals surface area contributed by atoms with Gasteiger partial charge in [0.15, 0.2) is 5.96 Å². The van der Waals surface area contributed by atoms with E-state index < -0.39 is 10.0 Å². The minimum Gasteiger partial charge on any atom is -0.379 e. The van der Waals surface area contributed by atoms with Gasteiger partial charge in [-0.3, -0.25) is 24.6 Å². The number of hydroxylamine groups is 1. The first kappa shape index (κ1) is 29.7. The molecular formula is C24H43N7O5S. The number of aliphatic imine (C=N–C) groups is 1. The van der Waals surface area contributed by atoms with E-state index in [0.717, 1.165) is 51.1 Å². The van der Waals surface area contributed by atoms with Crippen LogP contribution in [0.25, 0.3) is 0 Å². The standard InChI is InChI=1S/C24H43N7O5S/c25-24(28-23-5-8-26-9-6-23)27-7-3-1-2-4-22-37(32,33)31(11-10-29-12-17-34-18-13-29)36-21-16-30-14-19-35-20-15-30/h5-6,8-9H,1-4,7,10-22H2,(H3,25,26,27,28). The zero-order valence-electron chi connectivity index (χ0n) is 21.8. The number of pyridine rings is 1. The monoisotopic (exact) mass is 541 g/mol. The molecule has 0 saturated carbocycles. The molecule has 13 heteroatoms. The Morgan fingerprint density at radius 3 is 2.30 bits per heavy atom. The lowest BCUT2D eigenvalue weighted by Gasteiger charge is -2.30. The van der Waals surface area contributed by atoms with Crippen molar-refractivity contribution in [1.82, 2.24) is 19.3 Å². The number of sulfonamides is 1. The molecule has 2 aliphatic heterocycles. The predicted molar refractivity (Wildman–Crippen MR) is 144 cm³/mol. The van der Waals surface area contributed by atoms with Crippen molar-refractivity contribution < 1.29 is 22.7 Å². The molecule has 0 atom stereocenters. The smallest absolute Gasteiger partial charge is 0.236 e. The maximum atomic E-state index is 13.1. The Kier molecular flexibility index (Phi) is 13.5. The largest absolute Gasteiger partial charge is 0.379 e. The van der Waals surface area contributed by atoms with E-state index in [0.29, 0.717) is 71.6 Å². The zero-order chi connectivity index (χ0) is 26.2. The van der Waals surface area contributed by atoms with Crippen LogP contribution in [-0.2, 0) is 24.3 Å². The van der Waals surface area contributed by atoms with Crippen molar-refractivity contribution in [3.05, 3.63) is 24.5 Å². The predicted octanol–water partition coefficient (Wildman–Crippen LogP) is 0.596. The highest BCUT2D eigenvalue weighted by atomic mass is 32.2. The molecule has 0 unspecified atom stereocenters. The molecule has 0 spiro atoms. The number of nitrogens with two attached hydrogens (primary N) is 1. The Bertz CT molecular complexity index is 879. The van der Waals surface area contributed by atoms with Crippen molar-refractivity contribution >= 4 is 21.7 Å². The molecule has 3 rings (SSSR count). The fourth-order valence-corrected chi connectivity index (χ4v) is 5.47. The first-order chi connectivity index (χ1) is 18.0. The van der Waals surface area contributed by atoms with Crippen LogP contribution in [0.3, 0.4) is 0 Å². The summed E-state index contributed by atoms with van der Waals surface area (Å²) in [7, 11) is -3.52. The average Bonchev–Trinajstić information content (AvgIpc) is 2.91. The summed E-state index contributed by atoms with van der Waals surface area (Å²) in [6.45, 7) is 8.67. The highest BCUT2D eigenvalue weighted by Gasteiger charge is 2.24. The number of aromatic nitrogens is 1. The van der Waals surface area contributed by atoms with Crippen LogP contribution in [0.1, 0.15) is 25.7 Å². The number of anilines is 1. The van der Waals surface area contributed by atoms with Gasteiger partial charge in [0.1, 0.15) is 0 Å². The van der Waals surface area contributed by atoms with Crippen molar-refractivity contribution in [1.29, 1.82) is 0 Å². The molecule has 12 nitrogen and oxygen atoms in total. The molecule has 0 radical (unpaired) electrons. The number of unbranched alkanes of at least 4 members (excludes halogenated alkanes) is 3. The molecule has 2 aliphatic rings. The second kappa shape index (κ2) is 16.9. The minimum absolute atomic E-state index is 0.0721. The van der Waals surface area contributed by atoms with Crippen molar-refractivity contribution in [3.63, 3.8) is 0 Å². The molecule has 3 N–H and O–H groups in total. The van der Waals surface area contributed by atoms with E-state index in [-0.39, 0.29) is 5.75 Å². The van der Waals surface area contributed by atoms with Gasteiger partial charge in [-0.1, -0.05) is 17.3 Å². The third kappa shape index (κ3) is 12.0. The molecule has 210 valence electrons. The summed E-state index contributed by atoms with van der Waals surface area (Å²) >= 11 is 0. The minimum atomic E-state index is -3.52. The lowest BCUT2D eigenvalue weighted by molar-refractivity contribution is -0.0996. The lowest BCUT2D eigenvalue weighted by atomic mass is 10.2. The molecule has 37 heavy (non-hydrogen) atoms. The normalized spacial score (nSPS) is 18.4. The SMILES string of the molecule is NC(=NCCCCCCS(=O)(=O)N(CCN1CCOCC1)OCCN1CCOCC1)Nc1ccncc1. The molecule has 2 saturated heterocycles. The molecule has 0 bridgehead atoms. The van der Waals surface area contributed by atoms with Crippen molar-refractivity contribution in [2.24, 2.45) is 10.7 Å². The summed E-state index contributed by atoms with van der Waals surface area (Å²) in [5.41, 5.74) is 6.75. The lowest BCUT2D eigenvalue weighted by Crippen LogP contribution is -2.45. The third-order valence-electron chi connectivity index (χ3n) is 6.30. The zero-order valence-corrected chi connectivity index (χ0v) is 22.6. The van der Waals surface area contributed by atoms with Gasteiger partial charge >= 0.3 is 0 Å². The molecule has 0 amide bonds. The average molecular weight is 542 g/mol. The van der Waals surface area contributed by atoms with Gasteiger partial charge in [0.25, 0.3) is 0 Å². The number of rotatable bonds is 16. The number of nitrogens with zero attached hydrogens (tertiary/aromatic N) is 5. The summed E-state index contributed by atoms with van der Waals surface area (Å²) in [4.78, 5) is 18.6. The number of hydrogen-bond acceptors (Lipinski definition) is 9. The van der Waals surface area contributed by atoms with E-state index >= 15 is 0 Å². The molecule has 1 aromatic heterocycles. The van der Waals surface area contributed by atoms with E-state index in [1.54, 1.807) is 12.4 Å². The first-order valence-corrected chi connectivity index (χ1v) is 14.8. The van der Waals surface area contributed by atoms with Crippen molar-refractivity contribution in [3.8, 4) is 0 Å². The second-order valence-corrected chi connectivity index (χ2v) is 11.1. The van der Waals surface area contributed by atoms with Crippen LogP contribution in [0, 0.1) is 0 Å². The molecule has 3 heterocycles. The summed E-state index contributed by atoms with van der Waals surface area (Å²) in [5.74, 6) is 0.432. The van der Waals surface area contributed by atoms with Gasteiger partial charge in [0.2, 0.25) is 10.0 Å². The highest BCUT2D eigenvalue weighted by molar-refractivity contribution is 7.88. The molecule has 0 aliphatic carbocycles. The topological polar surface area (TPSA) is 135 Å². The van der Waals surface area contributed by atoms with Crippen LogP contribution in [0.5, 0.6) is 0 Å². The van der Waals surface area contributed by atoms with Crippen LogP contribution >= 0.6 is 0 Å². The maximum absolute atomic E-state index is 13.1. The molecule has 2 fully saturated rings. The van der Waals surface area contributed by atoms with Crippen LogP contribution in [-0.4, -0.2) is 125 Å². The van der Waals surface area contributed by atoms with E-state index in [9.17, 15) is 8.42 Å². The van der Waals surface area contributed by atoms with Crippen LogP contribution in [0.15, 0.2) is 29.5 Å².